The van der Waals surface area contributed by atoms with E-state index in [2.05, 4.69) is 24.2 Å². The molecule has 0 saturated heterocycles. The summed E-state index contributed by atoms with van der Waals surface area (Å²) in [5.41, 5.74) is 6.40. The van der Waals surface area contributed by atoms with E-state index in [-0.39, 0.29) is 5.82 Å². The number of nitrogens with one attached hydrogen (secondary N) is 1. The maximum absolute atomic E-state index is 13.3. The zero-order valence-electron chi connectivity index (χ0n) is 11.1. The molecule has 1 aromatic rings. The second kappa shape index (κ2) is 7.69. The predicted octanol–water partition coefficient (Wildman–Crippen LogP) is 2.32. The van der Waals surface area contributed by atoms with Crippen LogP contribution in [0.25, 0.3) is 0 Å². The average Bonchev–Trinajstić information content (AvgIpc) is 2.31. The molecule has 0 spiro atoms. The van der Waals surface area contributed by atoms with Crippen LogP contribution in [-0.4, -0.2) is 19.0 Å². The third-order valence-electron chi connectivity index (χ3n) is 2.65. The molecule has 100 valence electrons. The molecule has 0 amide bonds. The van der Waals surface area contributed by atoms with E-state index in [0.29, 0.717) is 30.4 Å². The smallest absolute Gasteiger partial charge is 0.188 e. The quantitative estimate of drug-likeness (QED) is 0.602. The summed E-state index contributed by atoms with van der Waals surface area (Å²) in [6.07, 6.45) is 1.63. The first-order chi connectivity index (χ1) is 8.59. The van der Waals surface area contributed by atoms with Crippen LogP contribution >= 0.6 is 0 Å². The summed E-state index contributed by atoms with van der Waals surface area (Å²) >= 11 is 0. The standard InChI is InChI=1S/C14H22FN3/c1-11(2)7-9-17-14(16)18-10-8-12-5-3-4-6-13(12)15/h3-6,11H,7-10H2,1-2H3,(H3,16,17,18). The van der Waals surface area contributed by atoms with Crippen molar-refractivity contribution >= 4 is 5.96 Å². The molecule has 3 nitrogen and oxygen atoms in total. The molecule has 0 bridgehead atoms. The average molecular weight is 251 g/mol. The van der Waals surface area contributed by atoms with Crippen molar-refractivity contribution < 1.29 is 4.39 Å². The van der Waals surface area contributed by atoms with Crippen molar-refractivity contribution in [1.82, 2.24) is 5.32 Å². The van der Waals surface area contributed by atoms with Crippen molar-refractivity contribution in [3.8, 4) is 0 Å². The fourth-order valence-electron chi connectivity index (χ4n) is 1.53. The lowest BCUT2D eigenvalue weighted by Gasteiger charge is -2.07. The summed E-state index contributed by atoms with van der Waals surface area (Å²) < 4.78 is 13.3. The SMILES string of the molecule is CC(C)CCN=C(N)NCCc1ccccc1F. The van der Waals surface area contributed by atoms with Gasteiger partial charge in [0, 0.05) is 13.1 Å². The highest BCUT2D eigenvalue weighted by Crippen LogP contribution is 2.06. The van der Waals surface area contributed by atoms with Crippen LogP contribution in [0.1, 0.15) is 25.8 Å². The molecule has 1 rings (SSSR count). The Morgan fingerprint density at radius 2 is 2.11 bits per heavy atom. The molecule has 0 unspecified atom stereocenters. The molecule has 0 radical (unpaired) electrons. The first kappa shape index (κ1) is 14.5. The monoisotopic (exact) mass is 251 g/mol. The number of guanidine groups is 1. The van der Waals surface area contributed by atoms with Crippen LogP contribution in [0.3, 0.4) is 0 Å². The molecule has 0 aliphatic heterocycles. The van der Waals surface area contributed by atoms with Crippen molar-refractivity contribution in [2.45, 2.75) is 26.7 Å². The van der Waals surface area contributed by atoms with Crippen LogP contribution in [0, 0.1) is 11.7 Å². The summed E-state index contributed by atoms with van der Waals surface area (Å²) in [4.78, 5) is 4.21. The summed E-state index contributed by atoms with van der Waals surface area (Å²) in [7, 11) is 0. The lowest BCUT2D eigenvalue weighted by atomic mass is 10.1. The van der Waals surface area contributed by atoms with Gasteiger partial charge in [0.1, 0.15) is 5.82 Å². The van der Waals surface area contributed by atoms with E-state index in [9.17, 15) is 4.39 Å². The molecule has 0 aliphatic rings. The fourth-order valence-corrected chi connectivity index (χ4v) is 1.53. The molecule has 18 heavy (non-hydrogen) atoms. The Morgan fingerprint density at radius 3 is 2.78 bits per heavy atom. The van der Waals surface area contributed by atoms with Gasteiger partial charge in [0.25, 0.3) is 0 Å². The van der Waals surface area contributed by atoms with E-state index >= 15 is 0 Å². The molecule has 3 N–H and O–H groups in total. The van der Waals surface area contributed by atoms with Gasteiger partial charge in [0.2, 0.25) is 0 Å². The van der Waals surface area contributed by atoms with Crippen molar-refractivity contribution in [2.75, 3.05) is 13.1 Å². The molecule has 1 aromatic carbocycles. The van der Waals surface area contributed by atoms with Gasteiger partial charge < -0.3 is 11.1 Å². The number of nitrogens with zero attached hydrogens (tertiary/aromatic N) is 1. The Morgan fingerprint density at radius 1 is 1.39 bits per heavy atom. The molecule has 0 aliphatic carbocycles. The second-order valence-electron chi connectivity index (χ2n) is 4.72. The molecular formula is C14H22FN3. The lowest BCUT2D eigenvalue weighted by Crippen LogP contribution is -2.33. The van der Waals surface area contributed by atoms with Crippen molar-refractivity contribution in [1.29, 1.82) is 0 Å². The van der Waals surface area contributed by atoms with Crippen LogP contribution in [0.15, 0.2) is 29.3 Å². The topological polar surface area (TPSA) is 50.4 Å². The minimum absolute atomic E-state index is 0.172. The predicted molar refractivity (Wildman–Crippen MR) is 74.1 cm³/mol. The van der Waals surface area contributed by atoms with E-state index in [1.807, 2.05) is 6.07 Å². The minimum Gasteiger partial charge on any atom is -0.370 e. The highest BCUT2D eigenvalue weighted by Gasteiger charge is 2.00. The van der Waals surface area contributed by atoms with E-state index in [1.54, 1.807) is 12.1 Å². The van der Waals surface area contributed by atoms with Crippen LogP contribution in [0.5, 0.6) is 0 Å². The Hall–Kier alpha value is -1.58. The number of aliphatic imine (C=N–C) groups is 1. The molecule has 0 heterocycles. The Kier molecular flexibility index (Phi) is 6.19. The highest BCUT2D eigenvalue weighted by atomic mass is 19.1. The molecule has 0 aromatic heterocycles. The first-order valence-corrected chi connectivity index (χ1v) is 6.36. The van der Waals surface area contributed by atoms with Gasteiger partial charge in [-0.15, -0.1) is 0 Å². The zero-order chi connectivity index (χ0) is 13.4. The third kappa shape index (κ3) is 5.66. The molecular weight excluding hydrogens is 229 g/mol. The lowest BCUT2D eigenvalue weighted by molar-refractivity contribution is 0.595. The number of nitrogens with two attached hydrogens (primary N) is 1. The summed E-state index contributed by atoms with van der Waals surface area (Å²) in [6, 6.07) is 6.77. The molecule has 0 atom stereocenters. The largest absolute Gasteiger partial charge is 0.370 e. The van der Waals surface area contributed by atoms with E-state index in [4.69, 9.17) is 5.73 Å². The normalized spacial score (nSPS) is 11.9. The van der Waals surface area contributed by atoms with E-state index in [1.165, 1.54) is 6.07 Å². The van der Waals surface area contributed by atoms with Gasteiger partial charge in [-0.3, -0.25) is 4.99 Å². The van der Waals surface area contributed by atoms with Crippen LogP contribution in [-0.2, 0) is 6.42 Å². The van der Waals surface area contributed by atoms with Crippen LogP contribution in [0.4, 0.5) is 4.39 Å². The number of benzene rings is 1. The van der Waals surface area contributed by atoms with Gasteiger partial charge in [-0.2, -0.15) is 0 Å². The van der Waals surface area contributed by atoms with Crippen molar-refractivity contribution in [3.05, 3.63) is 35.6 Å². The van der Waals surface area contributed by atoms with Gasteiger partial charge in [0.05, 0.1) is 0 Å². The molecule has 0 saturated carbocycles. The summed E-state index contributed by atoms with van der Waals surface area (Å²) in [5.74, 6) is 0.890. The maximum atomic E-state index is 13.3. The fraction of sp³-hybridized carbons (Fsp3) is 0.500. The van der Waals surface area contributed by atoms with Crippen molar-refractivity contribution in [2.24, 2.45) is 16.6 Å². The zero-order valence-corrected chi connectivity index (χ0v) is 11.1. The van der Waals surface area contributed by atoms with Gasteiger partial charge in [-0.05, 0) is 30.4 Å². The Balaban J connectivity index is 2.27. The molecule has 4 heteroatoms. The van der Waals surface area contributed by atoms with E-state index < -0.39 is 0 Å². The number of halogens is 1. The number of hydrogen-bond donors (Lipinski definition) is 2. The van der Waals surface area contributed by atoms with Gasteiger partial charge >= 0.3 is 0 Å². The third-order valence-corrected chi connectivity index (χ3v) is 2.65. The summed E-state index contributed by atoms with van der Waals surface area (Å²) in [6.45, 7) is 5.63. The van der Waals surface area contributed by atoms with E-state index in [0.717, 1.165) is 13.0 Å². The number of hydrogen-bond acceptors (Lipinski definition) is 1. The minimum atomic E-state index is -0.172. The van der Waals surface area contributed by atoms with Crippen LogP contribution < -0.4 is 11.1 Å². The Bertz CT molecular complexity index is 388. The highest BCUT2D eigenvalue weighted by molar-refractivity contribution is 5.77. The second-order valence-corrected chi connectivity index (χ2v) is 4.72. The summed E-state index contributed by atoms with van der Waals surface area (Å²) in [5, 5.41) is 2.99. The maximum Gasteiger partial charge on any atom is 0.188 e. The number of rotatable bonds is 6. The van der Waals surface area contributed by atoms with Crippen LogP contribution in [0.2, 0.25) is 0 Å². The van der Waals surface area contributed by atoms with Gasteiger partial charge in [-0.1, -0.05) is 32.0 Å². The van der Waals surface area contributed by atoms with Crippen molar-refractivity contribution in [3.63, 3.8) is 0 Å². The van der Waals surface area contributed by atoms with Gasteiger partial charge in [0.15, 0.2) is 5.96 Å². The molecule has 0 fully saturated rings. The Labute approximate surface area is 108 Å². The first-order valence-electron chi connectivity index (χ1n) is 6.36. The van der Waals surface area contributed by atoms with Gasteiger partial charge in [-0.25, -0.2) is 4.39 Å².